The number of unbranched alkanes of at least 4 members (excludes halogenated alkanes) is 1. The molecule has 4 N–H and O–H groups in total. The van der Waals surface area contributed by atoms with Gasteiger partial charge in [-0.3, -0.25) is 4.79 Å². The molecule has 1 atom stereocenters. The third kappa shape index (κ3) is 3.85. The maximum Gasteiger partial charge on any atom is 0.223 e. The van der Waals surface area contributed by atoms with Gasteiger partial charge in [0.1, 0.15) is 5.54 Å². The molecule has 0 radical (unpaired) electrons. The van der Waals surface area contributed by atoms with Gasteiger partial charge < -0.3 is 16.3 Å². The zero-order valence-corrected chi connectivity index (χ0v) is 12.1. The van der Waals surface area contributed by atoms with Crippen LogP contribution in [0.5, 0.6) is 0 Å². The molecule has 1 aliphatic rings. The lowest BCUT2D eigenvalue weighted by molar-refractivity contribution is -0.126. The van der Waals surface area contributed by atoms with Gasteiger partial charge in [0.2, 0.25) is 5.91 Å². The summed E-state index contributed by atoms with van der Waals surface area (Å²) in [6.45, 7) is 4.16. The fourth-order valence-electron chi connectivity index (χ4n) is 2.83. The van der Waals surface area contributed by atoms with Crippen molar-refractivity contribution in [1.29, 1.82) is 0 Å². The molecule has 0 bridgehead atoms. The van der Waals surface area contributed by atoms with Crippen molar-refractivity contribution in [2.24, 2.45) is 16.8 Å². The van der Waals surface area contributed by atoms with Gasteiger partial charge in [-0.25, -0.2) is 0 Å². The van der Waals surface area contributed by atoms with Crippen molar-refractivity contribution >= 4 is 11.7 Å². The molecule has 0 saturated heterocycles. The van der Waals surface area contributed by atoms with Gasteiger partial charge in [0.25, 0.3) is 0 Å². The molecule has 1 fully saturated rings. The van der Waals surface area contributed by atoms with Crippen molar-refractivity contribution in [2.45, 2.75) is 70.8 Å². The molecule has 0 spiro atoms. The number of nitrogens with zero attached hydrogens (tertiary/aromatic N) is 1. The van der Waals surface area contributed by atoms with Crippen LogP contribution in [0.4, 0.5) is 0 Å². The first kappa shape index (κ1) is 15.8. The minimum absolute atomic E-state index is 0.0314. The number of hydrogen-bond donors (Lipinski definition) is 3. The van der Waals surface area contributed by atoms with E-state index in [-0.39, 0.29) is 17.7 Å². The van der Waals surface area contributed by atoms with E-state index >= 15 is 0 Å². The summed E-state index contributed by atoms with van der Waals surface area (Å²) in [6.07, 6.45) is 7.42. The smallest absolute Gasteiger partial charge is 0.223 e. The fourth-order valence-corrected chi connectivity index (χ4v) is 2.83. The molecule has 0 heterocycles. The summed E-state index contributed by atoms with van der Waals surface area (Å²) in [5, 5.41) is 15.1. The van der Waals surface area contributed by atoms with Crippen LogP contribution in [-0.4, -0.2) is 22.5 Å². The lowest BCUT2D eigenvalue weighted by atomic mass is 9.92. The van der Waals surface area contributed by atoms with E-state index in [1.165, 1.54) is 0 Å². The van der Waals surface area contributed by atoms with Crippen molar-refractivity contribution < 1.29 is 10.0 Å². The zero-order chi connectivity index (χ0) is 14.3. The Hall–Kier alpha value is -1.26. The van der Waals surface area contributed by atoms with Crippen LogP contribution in [0, 0.1) is 5.92 Å². The second kappa shape index (κ2) is 7.36. The topological polar surface area (TPSA) is 87.7 Å². The summed E-state index contributed by atoms with van der Waals surface area (Å²) in [7, 11) is 0. The predicted octanol–water partition coefficient (Wildman–Crippen LogP) is 2.38. The molecule has 1 saturated carbocycles. The quantitative estimate of drug-likeness (QED) is 0.287. The van der Waals surface area contributed by atoms with E-state index < -0.39 is 5.54 Å². The van der Waals surface area contributed by atoms with E-state index in [0.717, 1.165) is 51.4 Å². The summed E-state index contributed by atoms with van der Waals surface area (Å²) in [5.74, 6) is 0.220. The Bertz CT molecular complexity index is 323. The molecule has 1 aliphatic carbocycles. The van der Waals surface area contributed by atoms with E-state index in [2.05, 4.69) is 17.4 Å². The number of carbonyl (C=O) groups is 1. The van der Waals surface area contributed by atoms with Gasteiger partial charge in [0.05, 0.1) is 0 Å². The predicted molar refractivity (Wildman–Crippen MR) is 76.1 cm³/mol. The molecule has 0 aromatic rings. The number of amides is 1. The Morgan fingerprint density at radius 2 is 2.05 bits per heavy atom. The van der Waals surface area contributed by atoms with Gasteiger partial charge in [-0.15, -0.1) is 0 Å². The molecular weight excluding hydrogens is 242 g/mol. The van der Waals surface area contributed by atoms with Gasteiger partial charge in [-0.1, -0.05) is 44.7 Å². The standard InChI is InChI=1S/C14H27N3O2/c1-3-5-8-11(4-2)12(18)16-14(13(15)17-19)9-6-7-10-14/h11,19H,3-10H2,1-2H3,(H2,15,17)(H,16,18). The maximum atomic E-state index is 12.4. The SMILES string of the molecule is CCCCC(CC)C(=O)NC1(/C(N)=N/O)CCCC1. The third-order valence-corrected chi connectivity index (χ3v) is 4.19. The molecule has 0 aliphatic heterocycles. The van der Waals surface area contributed by atoms with Crippen molar-refractivity contribution in [3.8, 4) is 0 Å². The number of nitrogens with two attached hydrogens (primary N) is 1. The highest BCUT2D eigenvalue weighted by molar-refractivity contribution is 5.94. The molecule has 0 aromatic carbocycles. The molecule has 1 rings (SSSR count). The van der Waals surface area contributed by atoms with Crippen LogP contribution >= 0.6 is 0 Å². The number of nitrogens with one attached hydrogen (secondary N) is 1. The number of oxime groups is 1. The van der Waals surface area contributed by atoms with Gasteiger partial charge >= 0.3 is 0 Å². The molecule has 1 amide bonds. The number of rotatable bonds is 7. The highest BCUT2D eigenvalue weighted by Gasteiger charge is 2.40. The molecule has 5 heteroatoms. The van der Waals surface area contributed by atoms with Crippen LogP contribution in [0.1, 0.15) is 65.2 Å². The Morgan fingerprint density at radius 3 is 2.53 bits per heavy atom. The van der Waals surface area contributed by atoms with Crippen molar-refractivity contribution in [3.63, 3.8) is 0 Å². The van der Waals surface area contributed by atoms with Crippen molar-refractivity contribution in [1.82, 2.24) is 5.32 Å². The lowest BCUT2D eigenvalue weighted by Gasteiger charge is -2.30. The van der Waals surface area contributed by atoms with Crippen molar-refractivity contribution in [3.05, 3.63) is 0 Å². The lowest BCUT2D eigenvalue weighted by Crippen LogP contribution is -2.57. The molecule has 1 unspecified atom stereocenters. The number of amidine groups is 1. The summed E-state index contributed by atoms with van der Waals surface area (Å²) in [6, 6.07) is 0. The Balaban J connectivity index is 2.71. The summed E-state index contributed by atoms with van der Waals surface area (Å²) < 4.78 is 0. The van der Waals surface area contributed by atoms with Crippen LogP contribution < -0.4 is 11.1 Å². The van der Waals surface area contributed by atoms with Gasteiger partial charge in [0, 0.05) is 5.92 Å². The highest BCUT2D eigenvalue weighted by Crippen LogP contribution is 2.30. The van der Waals surface area contributed by atoms with Gasteiger partial charge in [-0.2, -0.15) is 0 Å². The minimum atomic E-state index is -0.620. The number of hydrogen-bond acceptors (Lipinski definition) is 3. The largest absolute Gasteiger partial charge is 0.409 e. The molecule has 5 nitrogen and oxygen atoms in total. The third-order valence-electron chi connectivity index (χ3n) is 4.19. The Labute approximate surface area is 115 Å². The minimum Gasteiger partial charge on any atom is -0.409 e. The number of carbonyl (C=O) groups excluding carboxylic acids is 1. The van der Waals surface area contributed by atoms with E-state index in [4.69, 9.17) is 10.9 Å². The average molecular weight is 269 g/mol. The fraction of sp³-hybridized carbons (Fsp3) is 0.857. The van der Waals surface area contributed by atoms with E-state index in [1.54, 1.807) is 0 Å². The van der Waals surface area contributed by atoms with Crippen LogP contribution in [0.2, 0.25) is 0 Å². The monoisotopic (exact) mass is 269 g/mol. The van der Waals surface area contributed by atoms with Crippen LogP contribution in [0.3, 0.4) is 0 Å². The first-order valence-electron chi connectivity index (χ1n) is 7.39. The molecular formula is C14H27N3O2. The first-order valence-corrected chi connectivity index (χ1v) is 7.39. The van der Waals surface area contributed by atoms with Gasteiger partial charge in [0.15, 0.2) is 5.84 Å². The molecule has 110 valence electrons. The molecule has 19 heavy (non-hydrogen) atoms. The highest BCUT2D eigenvalue weighted by atomic mass is 16.4. The van der Waals surface area contributed by atoms with E-state index in [1.807, 2.05) is 6.92 Å². The second-order valence-electron chi connectivity index (χ2n) is 5.51. The van der Waals surface area contributed by atoms with Gasteiger partial charge in [-0.05, 0) is 25.7 Å². The summed E-state index contributed by atoms with van der Waals surface area (Å²) in [4.78, 5) is 12.4. The van der Waals surface area contributed by atoms with E-state index in [0.29, 0.717) is 0 Å². The zero-order valence-electron chi connectivity index (χ0n) is 12.1. The summed E-state index contributed by atoms with van der Waals surface area (Å²) in [5.41, 5.74) is 5.17. The Morgan fingerprint density at radius 1 is 1.42 bits per heavy atom. The van der Waals surface area contributed by atoms with Crippen LogP contribution in [0.15, 0.2) is 5.16 Å². The van der Waals surface area contributed by atoms with Crippen LogP contribution in [0.25, 0.3) is 0 Å². The average Bonchev–Trinajstić information content (AvgIpc) is 2.88. The maximum absolute atomic E-state index is 12.4. The Kier molecular flexibility index (Phi) is 6.12. The van der Waals surface area contributed by atoms with E-state index in [9.17, 15) is 4.79 Å². The first-order chi connectivity index (χ1) is 9.09. The normalized spacial score (nSPS) is 20.2. The molecule has 0 aromatic heterocycles. The second-order valence-corrected chi connectivity index (χ2v) is 5.51. The summed E-state index contributed by atoms with van der Waals surface area (Å²) >= 11 is 0. The van der Waals surface area contributed by atoms with Crippen LogP contribution in [-0.2, 0) is 4.79 Å². The van der Waals surface area contributed by atoms with Crippen molar-refractivity contribution in [2.75, 3.05) is 0 Å².